The molecule has 0 unspecified atom stereocenters. The molecule has 2 heterocycles. The summed E-state index contributed by atoms with van der Waals surface area (Å²) in [5, 5.41) is 2.73. The highest BCUT2D eigenvalue weighted by molar-refractivity contribution is 5.95. The van der Waals surface area contributed by atoms with Gasteiger partial charge in [0.1, 0.15) is 5.76 Å². The molecule has 0 atom stereocenters. The topological polar surface area (TPSA) is 94.0 Å². The molecule has 2 aromatic rings. The summed E-state index contributed by atoms with van der Waals surface area (Å²) >= 11 is 0. The molecule has 2 aromatic heterocycles. The second kappa shape index (κ2) is 5.09. The molecule has 0 aliphatic carbocycles. The summed E-state index contributed by atoms with van der Waals surface area (Å²) in [4.78, 5) is 20.2. The van der Waals surface area contributed by atoms with E-state index < -0.39 is 0 Å². The van der Waals surface area contributed by atoms with Gasteiger partial charge in [-0.1, -0.05) is 0 Å². The Balaban J connectivity index is 2.07. The Bertz CT molecular complexity index is 600. The number of nitrogens with zero attached hydrogens (tertiary/aromatic N) is 2. The molecule has 0 fully saturated rings. The smallest absolute Gasteiger partial charge is 0.253 e. The molecular formula is C13H16N4O2. The zero-order valence-corrected chi connectivity index (χ0v) is 11.2. The van der Waals surface area contributed by atoms with E-state index in [1.54, 1.807) is 13.0 Å². The van der Waals surface area contributed by atoms with Gasteiger partial charge in [0.05, 0.1) is 35.4 Å². The van der Waals surface area contributed by atoms with Gasteiger partial charge in [0, 0.05) is 0 Å². The summed E-state index contributed by atoms with van der Waals surface area (Å²) in [5.74, 6) is 0.995. The van der Waals surface area contributed by atoms with Gasteiger partial charge in [-0.25, -0.2) is 4.98 Å². The van der Waals surface area contributed by atoms with Crippen LogP contribution in [0, 0.1) is 20.8 Å². The third kappa shape index (κ3) is 2.90. The van der Waals surface area contributed by atoms with Gasteiger partial charge in [-0.3, -0.25) is 9.78 Å². The lowest BCUT2D eigenvalue weighted by atomic mass is 10.2. The third-order valence-electron chi connectivity index (χ3n) is 2.83. The standard InChI is InChI=1S/C13H16N4O2/c1-7-9(3)19-12(17-7)6-16-13(18)11-4-10(14)5-15-8(11)2/h4-5H,6,14H2,1-3H3,(H,16,18). The molecule has 100 valence electrons. The molecule has 19 heavy (non-hydrogen) atoms. The summed E-state index contributed by atoms with van der Waals surface area (Å²) in [6, 6.07) is 1.60. The van der Waals surface area contributed by atoms with E-state index in [4.69, 9.17) is 10.2 Å². The van der Waals surface area contributed by atoms with Gasteiger partial charge in [0.2, 0.25) is 5.89 Å². The van der Waals surface area contributed by atoms with Gasteiger partial charge in [-0.15, -0.1) is 0 Å². The summed E-state index contributed by atoms with van der Waals surface area (Å²) in [5.41, 5.74) is 7.99. The zero-order valence-electron chi connectivity index (χ0n) is 11.2. The van der Waals surface area contributed by atoms with Crippen LogP contribution >= 0.6 is 0 Å². The van der Waals surface area contributed by atoms with E-state index in [2.05, 4.69) is 15.3 Å². The van der Waals surface area contributed by atoms with Crippen LogP contribution in [0.25, 0.3) is 0 Å². The fourth-order valence-corrected chi connectivity index (χ4v) is 1.65. The lowest BCUT2D eigenvalue weighted by Gasteiger charge is -2.06. The molecule has 2 rings (SSSR count). The van der Waals surface area contributed by atoms with Gasteiger partial charge < -0.3 is 15.5 Å². The maximum Gasteiger partial charge on any atom is 0.253 e. The summed E-state index contributed by atoms with van der Waals surface area (Å²) in [6.45, 7) is 5.69. The van der Waals surface area contributed by atoms with Crippen LogP contribution in [0.2, 0.25) is 0 Å². The van der Waals surface area contributed by atoms with E-state index in [1.807, 2.05) is 13.8 Å². The van der Waals surface area contributed by atoms with Crippen LogP contribution in [-0.4, -0.2) is 15.9 Å². The lowest BCUT2D eigenvalue weighted by Crippen LogP contribution is -2.24. The fraction of sp³-hybridized carbons (Fsp3) is 0.308. The number of hydrogen-bond acceptors (Lipinski definition) is 5. The predicted molar refractivity (Wildman–Crippen MR) is 70.5 cm³/mol. The molecule has 6 nitrogen and oxygen atoms in total. The van der Waals surface area contributed by atoms with Gasteiger partial charge in [0.15, 0.2) is 0 Å². The molecule has 0 saturated heterocycles. The average molecular weight is 260 g/mol. The lowest BCUT2D eigenvalue weighted by molar-refractivity contribution is 0.0946. The Labute approximate surface area is 111 Å². The van der Waals surface area contributed by atoms with Crippen LogP contribution in [0.15, 0.2) is 16.7 Å². The van der Waals surface area contributed by atoms with Crippen molar-refractivity contribution >= 4 is 11.6 Å². The summed E-state index contributed by atoms with van der Waals surface area (Å²) in [6.07, 6.45) is 1.52. The van der Waals surface area contributed by atoms with Gasteiger partial charge in [0.25, 0.3) is 5.91 Å². The minimum atomic E-state index is -0.245. The Morgan fingerprint density at radius 2 is 2.11 bits per heavy atom. The van der Waals surface area contributed by atoms with Gasteiger partial charge in [-0.2, -0.15) is 0 Å². The number of nitrogens with one attached hydrogen (secondary N) is 1. The zero-order chi connectivity index (χ0) is 14.0. The number of nitrogens with two attached hydrogens (primary N) is 1. The number of carbonyl (C=O) groups is 1. The SMILES string of the molecule is Cc1ncc(N)cc1C(=O)NCc1nc(C)c(C)o1. The number of rotatable bonds is 3. The molecule has 0 aliphatic heterocycles. The highest BCUT2D eigenvalue weighted by atomic mass is 16.4. The molecule has 6 heteroatoms. The first-order valence-electron chi connectivity index (χ1n) is 5.90. The van der Waals surface area contributed by atoms with Crippen molar-refractivity contribution in [1.82, 2.24) is 15.3 Å². The monoisotopic (exact) mass is 260 g/mol. The van der Waals surface area contributed by atoms with Crippen LogP contribution in [0.1, 0.15) is 33.4 Å². The van der Waals surface area contributed by atoms with Crippen molar-refractivity contribution in [2.75, 3.05) is 5.73 Å². The number of nitrogen functional groups attached to an aromatic ring is 1. The van der Waals surface area contributed by atoms with E-state index in [-0.39, 0.29) is 12.5 Å². The normalized spacial score (nSPS) is 10.5. The minimum absolute atomic E-state index is 0.238. The summed E-state index contributed by atoms with van der Waals surface area (Å²) in [7, 11) is 0. The number of aromatic nitrogens is 2. The Morgan fingerprint density at radius 3 is 2.74 bits per heavy atom. The van der Waals surface area contributed by atoms with E-state index in [0.717, 1.165) is 11.5 Å². The van der Waals surface area contributed by atoms with E-state index in [1.165, 1.54) is 6.20 Å². The second-order valence-corrected chi connectivity index (χ2v) is 4.33. The highest BCUT2D eigenvalue weighted by Crippen LogP contribution is 2.11. The van der Waals surface area contributed by atoms with Crippen LogP contribution in [0.5, 0.6) is 0 Å². The predicted octanol–water partition coefficient (Wildman–Crippen LogP) is 1.51. The first-order valence-corrected chi connectivity index (χ1v) is 5.90. The van der Waals surface area contributed by atoms with Crippen LogP contribution in [-0.2, 0) is 6.54 Å². The van der Waals surface area contributed by atoms with Crippen molar-refractivity contribution < 1.29 is 9.21 Å². The Hall–Kier alpha value is -2.37. The van der Waals surface area contributed by atoms with Crippen molar-refractivity contribution in [1.29, 1.82) is 0 Å². The quantitative estimate of drug-likeness (QED) is 0.872. The van der Waals surface area contributed by atoms with Crippen molar-refractivity contribution in [2.45, 2.75) is 27.3 Å². The molecular weight excluding hydrogens is 244 g/mol. The van der Waals surface area contributed by atoms with Gasteiger partial charge in [-0.05, 0) is 26.8 Å². The average Bonchev–Trinajstić information content (AvgIpc) is 2.69. The van der Waals surface area contributed by atoms with Crippen LogP contribution in [0.3, 0.4) is 0 Å². The van der Waals surface area contributed by atoms with E-state index in [0.29, 0.717) is 22.8 Å². The maximum atomic E-state index is 12.0. The number of aryl methyl sites for hydroxylation is 3. The molecule has 0 saturated carbocycles. The van der Waals surface area contributed by atoms with Crippen molar-refractivity contribution in [3.8, 4) is 0 Å². The van der Waals surface area contributed by atoms with Crippen molar-refractivity contribution in [3.05, 3.63) is 40.9 Å². The Morgan fingerprint density at radius 1 is 1.37 bits per heavy atom. The molecule has 1 amide bonds. The minimum Gasteiger partial charge on any atom is -0.444 e. The number of amides is 1. The number of oxazole rings is 1. The largest absolute Gasteiger partial charge is 0.444 e. The highest BCUT2D eigenvalue weighted by Gasteiger charge is 2.12. The first kappa shape index (κ1) is 13.1. The van der Waals surface area contributed by atoms with Gasteiger partial charge >= 0.3 is 0 Å². The Kier molecular flexibility index (Phi) is 3.50. The third-order valence-corrected chi connectivity index (χ3v) is 2.83. The molecule has 0 spiro atoms. The number of hydrogen-bond donors (Lipinski definition) is 2. The molecule has 0 aromatic carbocycles. The van der Waals surface area contributed by atoms with E-state index in [9.17, 15) is 4.79 Å². The molecule has 0 radical (unpaired) electrons. The number of carbonyl (C=O) groups excluding carboxylic acids is 1. The van der Waals surface area contributed by atoms with Crippen molar-refractivity contribution in [2.24, 2.45) is 0 Å². The molecule has 0 bridgehead atoms. The number of anilines is 1. The van der Waals surface area contributed by atoms with E-state index >= 15 is 0 Å². The maximum absolute atomic E-state index is 12.0. The number of pyridine rings is 1. The fourth-order valence-electron chi connectivity index (χ4n) is 1.65. The second-order valence-electron chi connectivity index (χ2n) is 4.33. The first-order chi connectivity index (χ1) is 8.97. The van der Waals surface area contributed by atoms with Crippen molar-refractivity contribution in [3.63, 3.8) is 0 Å². The molecule has 3 N–H and O–H groups in total. The van der Waals surface area contributed by atoms with Crippen LogP contribution in [0.4, 0.5) is 5.69 Å². The molecule has 0 aliphatic rings. The van der Waals surface area contributed by atoms with Crippen LogP contribution < -0.4 is 11.1 Å². The summed E-state index contributed by atoms with van der Waals surface area (Å²) < 4.78 is 5.39.